The maximum atomic E-state index is 13.1. The van der Waals surface area contributed by atoms with Gasteiger partial charge in [0.2, 0.25) is 5.60 Å². The number of nitrogens with two attached hydrogens (primary N) is 1. The number of carbonyl (C=O) groups excluding carboxylic acids is 3. The van der Waals surface area contributed by atoms with Crippen molar-refractivity contribution < 1.29 is 38.4 Å². The van der Waals surface area contributed by atoms with Crippen LogP contribution in [0.2, 0.25) is 0 Å². The predicted molar refractivity (Wildman–Crippen MR) is 173 cm³/mol. The number of nitriles is 1. The number of nitrogens with one attached hydrogen (secondary N) is 1. The minimum absolute atomic E-state index is 0.0337. The number of nitrogens with zero attached hydrogens (tertiary/aromatic N) is 4. The lowest BCUT2D eigenvalue weighted by Gasteiger charge is -2.29. The molecule has 0 aliphatic carbocycles. The quantitative estimate of drug-likeness (QED) is 0.179. The van der Waals surface area contributed by atoms with Gasteiger partial charge in [-0.2, -0.15) is 10.4 Å². The Morgan fingerprint density at radius 1 is 1.17 bits per heavy atom. The third kappa shape index (κ3) is 7.82. The summed E-state index contributed by atoms with van der Waals surface area (Å²) >= 11 is 0. The molecule has 2 aromatic heterocycles. The molecule has 14 nitrogen and oxygen atoms in total. The average molecular weight is 665 g/mol. The molecule has 3 heterocycles. The van der Waals surface area contributed by atoms with Crippen molar-refractivity contribution >= 4 is 29.2 Å². The molecule has 0 spiro atoms. The first-order chi connectivity index (χ1) is 22.6. The van der Waals surface area contributed by atoms with Crippen LogP contribution in [-0.4, -0.2) is 80.7 Å². The van der Waals surface area contributed by atoms with Gasteiger partial charge in [-0.05, 0) is 43.4 Å². The van der Waals surface area contributed by atoms with Crippen LogP contribution in [0.4, 0.5) is 5.82 Å². The summed E-state index contributed by atoms with van der Waals surface area (Å²) in [4.78, 5) is 43.2. The number of carbonyl (C=O) groups is 3. The van der Waals surface area contributed by atoms with Crippen LogP contribution in [-0.2, 0) is 45.4 Å². The first-order valence-corrected chi connectivity index (χ1v) is 15.9. The molecule has 1 fully saturated rings. The largest absolute Gasteiger partial charge is 0.463 e. The third-order valence-corrected chi connectivity index (χ3v) is 8.21. The molecule has 0 unspecified atom stereocenters. The molecule has 1 saturated heterocycles. The number of aromatic nitrogens is 3. The van der Waals surface area contributed by atoms with Gasteiger partial charge in [-0.1, -0.05) is 64.4 Å². The van der Waals surface area contributed by atoms with E-state index in [4.69, 9.17) is 24.7 Å². The minimum Gasteiger partial charge on any atom is -0.463 e. The van der Waals surface area contributed by atoms with Crippen LogP contribution in [0.15, 0.2) is 48.8 Å². The Hall–Kier alpha value is -4.42. The van der Waals surface area contributed by atoms with E-state index in [0.29, 0.717) is 6.61 Å². The number of aliphatic hydroxyl groups is 1. The zero-order valence-corrected chi connectivity index (χ0v) is 28.1. The van der Waals surface area contributed by atoms with Crippen LogP contribution in [0, 0.1) is 16.7 Å². The second kappa shape index (κ2) is 14.8. The molecule has 14 heteroatoms. The van der Waals surface area contributed by atoms with Crippen LogP contribution in [0.25, 0.3) is 5.52 Å². The number of hydrogen-bond donors (Lipinski definition) is 3. The molecule has 4 rings (SSSR count). The van der Waals surface area contributed by atoms with Crippen LogP contribution in [0.5, 0.6) is 0 Å². The second-order valence-corrected chi connectivity index (χ2v) is 13.3. The fraction of sp³-hybridized carbons (Fsp3) is 0.529. The van der Waals surface area contributed by atoms with E-state index in [1.807, 2.05) is 19.1 Å². The highest BCUT2D eigenvalue weighted by atomic mass is 16.6. The van der Waals surface area contributed by atoms with Crippen molar-refractivity contribution in [3.63, 3.8) is 0 Å². The van der Waals surface area contributed by atoms with E-state index in [9.17, 15) is 24.8 Å². The Morgan fingerprint density at radius 3 is 2.52 bits per heavy atom. The van der Waals surface area contributed by atoms with E-state index < -0.39 is 65.4 Å². The number of aliphatic hydroxyl groups excluding tert-OH is 1. The molecule has 0 bridgehead atoms. The zero-order valence-electron chi connectivity index (χ0n) is 28.1. The topological polar surface area (TPSA) is 200 Å². The summed E-state index contributed by atoms with van der Waals surface area (Å²) in [5.41, 5.74) is 3.21. The molecule has 48 heavy (non-hydrogen) atoms. The number of esters is 2. The van der Waals surface area contributed by atoms with E-state index >= 15 is 0 Å². The fourth-order valence-corrected chi connectivity index (χ4v) is 5.10. The second-order valence-electron chi connectivity index (χ2n) is 13.3. The van der Waals surface area contributed by atoms with Gasteiger partial charge in [-0.15, -0.1) is 0 Å². The Bertz CT molecular complexity index is 1650. The first-order valence-electron chi connectivity index (χ1n) is 15.9. The van der Waals surface area contributed by atoms with E-state index in [1.165, 1.54) is 16.9 Å². The highest BCUT2D eigenvalue weighted by Crippen LogP contribution is 2.42. The Kier molecular flexibility index (Phi) is 11.2. The summed E-state index contributed by atoms with van der Waals surface area (Å²) in [6.07, 6.45) is -1.65. The summed E-state index contributed by atoms with van der Waals surface area (Å²) < 4.78 is 24.4. The van der Waals surface area contributed by atoms with Crippen molar-refractivity contribution in [1.82, 2.24) is 14.6 Å². The van der Waals surface area contributed by atoms with Crippen LogP contribution < -0.4 is 11.1 Å². The standard InChI is InChI=1S/C34H44N6O8/c1-7-8-16-46-33(5,6)31(44)39-29-22-14-15-24(40(22)38-20-37-29)34(19-35)28(42)26(47-30(43)27(36)32(2,3)4)23(48-34)18-45-25(41)17-21-12-10-9-11-13-21/h9-15,20,23,26-28,42H,7-8,16-18,36H2,1-6H3,(H,37,38,39,44)/t23-,26-,27+,28-,34+/m1/s1. The lowest BCUT2D eigenvalue weighted by Crippen LogP contribution is -2.49. The molecule has 1 aliphatic rings. The highest BCUT2D eigenvalue weighted by Gasteiger charge is 2.60. The van der Waals surface area contributed by atoms with Crippen molar-refractivity contribution in [1.29, 1.82) is 5.26 Å². The maximum Gasteiger partial charge on any atom is 0.323 e. The molecular formula is C34H44N6O8. The van der Waals surface area contributed by atoms with Gasteiger partial charge in [-0.25, -0.2) is 9.50 Å². The third-order valence-electron chi connectivity index (χ3n) is 8.21. The van der Waals surface area contributed by atoms with Gasteiger partial charge in [0.05, 0.1) is 12.1 Å². The molecule has 3 aromatic rings. The predicted octanol–water partition coefficient (Wildman–Crippen LogP) is 2.81. The number of hydrogen-bond acceptors (Lipinski definition) is 12. The Labute approximate surface area is 279 Å². The smallest absolute Gasteiger partial charge is 0.323 e. The van der Waals surface area contributed by atoms with Gasteiger partial charge >= 0.3 is 11.9 Å². The average Bonchev–Trinajstić information content (AvgIpc) is 3.59. The zero-order chi connectivity index (χ0) is 35.3. The molecule has 4 N–H and O–H groups in total. The summed E-state index contributed by atoms with van der Waals surface area (Å²) in [6, 6.07) is 12.9. The SMILES string of the molecule is CCCCOC(C)(C)C(=O)Nc1ncnn2c([C@]3(C#N)O[C@H](COC(=O)Cc4ccccc4)[C@@H](OC(=O)[C@H](N)C(C)(C)C)[C@H]3O)ccc12. The maximum absolute atomic E-state index is 13.1. The molecule has 0 radical (unpaired) electrons. The molecular weight excluding hydrogens is 620 g/mol. The Morgan fingerprint density at radius 2 is 1.88 bits per heavy atom. The molecule has 258 valence electrons. The van der Waals surface area contributed by atoms with Gasteiger partial charge in [0.1, 0.15) is 48.4 Å². The summed E-state index contributed by atoms with van der Waals surface area (Å²) in [7, 11) is 0. The number of amides is 1. The van der Waals surface area contributed by atoms with Gasteiger partial charge in [0.15, 0.2) is 11.9 Å². The highest BCUT2D eigenvalue weighted by molar-refractivity contribution is 5.98. The normalized spacial score (nSPS) is 21.8. The van der Waals surface area contributed by atoms with Gasteiger partial charge in [0.25, 0.3) is 5.91 Å². The van der Waals surface area contributed by atoms with Crippen LogP contribution in [0.3, 0.4) is 0 Å². The number of unbranched alkanes of at least 4 members (excludes halogenated alkanes) is 1. The summed E-state index contributed by atoms with van der Waals surface area (Å²) in [5, 5.41) is 29.3. The van der Waals surface area contributed by atoms with Crippen molar-refractivity contribution in [3.8, 4) is 6.07 Å². The lowest BCUT2D eigenvalue weighted by atomic mass is 9.87. The van der Waals surface area contributed by atoms with Crippen molar-refractivity contribution in [3.05, 3.63) is 60.0 Å². The monoisotopic (exact) mass is 664 g/mol. The molecule has 5 atom stereocenters. The Balaban J connectivity index is 1.65. The first kappa shape index (κ1) is 36.4. The van der Waals surface area contributed by atoms with Crippen LogP contribution in [0.1, 0.15) is 65.6 Å². The van der Waals surface area contributed by atoms with Crippen molar-refractivity contribution in [2.24, 2.45) is 11.1 Å². The number of ether oxygens (including phenoxy) is 4. The van der Waals surface area contributed by atoms with Gasteiger partial charge in [0, 0.05) is 6.61 Å². The van der Waals surface area contributed by atoms with Crippen molar-refractivity contribution in [2.45, 2.75) is 96.4 Å². The molecule has 0 saturated carbocycles. The van der Waals surface area contributed by atoms with E-state index in [2.05, 4.69) is 15.4 Å². The summed E-state index contributed by atoms with van der Waals surface area (Å²) in [6.45, 7) is 10.5. The number of rotatable bonds is 13. The number of anilines is 1. The number of benzene rings is 1. The summed E-state index contributed by atoms with van der Waals surface area (Å²) in [5.74, 6) is -1.75. The van der Waals surface area contributed by atoms with Crippen LogP contribution >= 0.6 is 0 Å². The lowest BCUT2D eigenvalue weighted by molar-refractivity contribution is -0.163. The molecule has 1 amide bonds. The van der Waals surface area contributed by atoms with E-state index in [1.54, 1.807) is 65.0 Å². The van der Waals surface area contributed by atoms with E-state index in [0.717, 1.165) is 18.4 Å². The van der Waals surface area contributed by atoms with Gasteiger partial charge < -0.3 is 35.1 Å². The number of fused-ring (bicyclic) bond motifs is 1. The molecule has 1 aromatic carbocycles. The minimum atomic E-state index is -2.15. The van der Waals surface area contributed by atoms with Crippen molar-refractivity contribution in [2.75, 3.05) is 18.5 Å². The van der Waals surface area contributed by atoms with E-state index in [-0.39, 0.29) is 23.4 Å². The van der Waals surface area contributed by atoms with Gasteiger partial charge in [-0.3, -0.25) is 14.4 Å². The fourth-order valence-electron chi connectivity index (χ4n) is 5.10. The molecule has 1 aliphatic heterocycles.